The maximum atomic E-state index is 14.7. The van der Waals surface area contributed by atoms with Crippen molar-refractivity contribution in [3.63, 3.8) is 0 Å². The first kappa shape index (κ1) is 18.8. The fourth-order valence-corrected chi connectivity index (χ4v) is 4.68. The van der Waals surface area contributed by atoms with E-state index in [1.54, 1.807) is 26.0 Å². The molecule has 0 N–H and O–H groups in total. The van der Waals surface area contributed by atoms with Crippen LogP contribution < -0.4 is 0 Å². The Hall–Kier alpha value is -2.53. The van der Waals surface area contributed by atoms with Crippen molar-refractivity contribution in [1.29, 1.82) is 0 Å². The SMILES string of the molecule is C[C@@H]1CC2=C(Cc3ccccc32)[C@@H](c2ccc([N+](=O)[O-])cc2)N1CC(C)(C)F. The van der Waals surface area contributed by atoms with Crippen LogP contribution in [0.5, 0.6) is 0 Å². The molecule has 1 heterocycles. The summed E-state index contributed by atoms with van der Waals surface area (Å²) in [5.41, 5.74) is 5.02. The average molecular weight is 380 g/mol. The average Bonchev–Trinajstić information content (AvgIpc) is 2.99. The topological polar surface area (TPSA) is 46.4 Å². The maximum Gasteiger partial charge on any atom is 0.269 e. The van der Waals surface area contributed by atoms with Gasteiger partial charge in [-0.1, -0.05) is 36.4 Å². The van der Waals surface area contributed by atoms with Crippen LogP contribution in [0.3, 0.4) is 0 Å². The molecule has 0 bridgehead atoms. The highest BCUT2D eigenvalue weighted by molar-refractivity contribution is 5.79. The molecule has 0 saturated heterocycles. The van der Waals surface area contributed by atoms with Gasteiger partial charge in [0.05, 0.1) is 11.0 Å². The van der Waals surface area contributed by atoms with Gasteiger partial charge in [0.2, 0.25) is 0 Å². The minimum absolute atomic E-state index is 0.0676. The van der Waals surface area contributed by atoms with E-state index >= 15 is 0 Å². The molecule has 2 aromatic carbocycles. The van der Waals surface area contributed by atoms with Gasteiger partial charge in [0.1, 0.15) is 5.67 Å². The summed E-state index contributed by atoms with van der Waals surface area (Å²) in [5.74, 6) is 0. The van der Waals surface area contributed by atoms with E-state index < -0.39 is 5.67 Å². The number of benzene rings is 2. The molecule has 0 fully saturated rings. The molecule has 4 rings (SSSR count). The maximum absolute atomic E-state index is 14.7. The Morgan fingerprint density at radius 1 is 1.18 bits per heavy atom. The fraction of sp³-hybridized carbons (Fsp3) is 0.391. The van der Waals surface area contributed by atoms with E-state index in [1.165, 1.54) is 22.3 Å². The first-order valence-electron chi connectivity index (χ1n) is 9.74. The highest BCUT2D eigenvalue weighted by atomic mass is 19.1. The number of rotatable bonds is 4. The van der Waals surface area contributed by atoms with Crippen molar-refractivity contribution in [3.8, 4) is 0 Å². The third-order valence-electron chi connectivity index (χ3n) is 5.82. The molecule has 0 spiro atoms. The van der Waals surface area contributed by atoms with Crippen LogP contribution in [0.25, 0.3) is 5.57 Å². The Labute approximate surface area is 164 Å². The smallest absolute Gasteiger partial charge is 0.269 e. The molecule has 2 aromatic rings. The zero-order valence-electron chi connectivity index (χ0n) is 16.5. The number of halogens is 1. The van der Waals surface area contributed by atoms with Crippen LogP contribution in [0.15, 0.2) is 54.1 Å². The second-order valence-electron chi connectivity index (χ2n) is 8.53. The van der Waals surface area contributed by atoms with Crippen molar-refractivity contribution in [2.75, 3.05) is 6.54 Å². The quantitative estimate of drug-likeness (QED) is 0.521. The molecule has 28 heavy (non-hydrogen) atoms. The molecule has 0 unspecified atom stereocenters. The van der Waals surface area contributed by atoms with E-state index in [-0.39, 0.29) is 22.7 Å². The lowest BCUT2D eigenvalue weighted by molar-refractivity contribution is -0.384. The minimum atomic E-state index is -1.32. The normalized spacial score (nSPS) is 22.1. The Morgan fingerprint density at radius 2 is 1.86 bits per heavy atom. The van der Waals surface area contributed by atoms with Gasteiger partial charge in [-0.3, -0.25) is 15.0 Å². The third-order valence-corrected chi connectivity index (χ3v) is 5.82. The number of nitrogens with zero attached hydrogens (tertiary/aromatic N) is 2. The van der Waals surface area contributed by atoms with Crippen LogP contribution in [0, 0.1) is 10.1 Å². The van der Waals surface area contributed by atoms with E-state index in [0.717, 1.165) is 18.4 Å². The lowest BCUT2D eigenvalue weighted by Gasteiger charge is -2.44. The van der Waals surface area contributed by atoms with Crippen LogP contribution in [-0.2, 0) is 6.42 Å². The highest BCUT2D eigenvalue weighted by Crippen LogP contribution is 2.49. The summed E-state index contributed by atoms with van der Waals surface area (Å²) in [6, 6.07) is 15.3. The van der Waals surface area contributed by atoms with Crippen molar-refractivity contribution in [2.45, 2.75) is 51.4 Å². The number of nitro groups is 1. The Morgan fingerprint density at radius 3 is 2.50 bits per heavy atom. The van der Waals surface area contributed by atoms with Gasteiger partial charge in [-0.2, -0.15) is 0 Å². The van der Waals surface area contributed by atoms with Crippen molar-refractivity contribution < 1.29 is 9.31 Å². The monoisotopic (exact) mass is 380 g/mol. The molecule has 2 atom stereocenters. The van der Waals surface area contributed by atoms with Crippen LogP contribution in [0.1, 0.15) is 49.9 Å². The summed E-state index contributed by atoms with van der Waals surface area (Å²) in [6.45, 7) is 5.69. The van der Waals surface area contributed by atoms with Gasteiger partial charge < -0.3 is 0 Å². The summed E-state index contributed by atoms with van der Waals surface area (Å²) in [4.78, 5) is 12.9. The molecule has 5 heteroatoms. The van der Waals surface area contributed by atoms with Crippen molar-refractivity contribution in [2.24, 2.45) is 0 Å². The summed E-state index contributed by atoms with van der Waals surface area (Å²) in [7, 11) is 0. The highest BCUT2D eigenvalue weighted by Gasteiger charge is 2.40. The zero-order valence-corrected chi connectivity index (χ0v) is 16.5. The van der Waals surface area contributed by atoms with Crippen LogP contribution in [-0.4, -0.2) is 28.1 Å². The van der Waals surface area contributed by atoms with Gasteiger partial charge in [0.15, 0.2) is 0 Å². The number of non-ortho nitro benzene ring substituents is 1. The molecule has 1 aliphatic heterocycles. The molecule has 0 radical (unpaired) electrons. The first-order valence-corrected chi connectivity index (χ1v) is 9.74. The van der Waals surface area contributed by atoms with E-state index in [2.05, 4.69) is 36.1 Å². The fourth-order valence-electron chi connectivity index (χ4n) is 4.68. The summed E-state index contributed by atoms with van der Waals surface area (Å²) in [5, 5.41) is 11.1. The molecular formula is C23H25FN2O2. The lowest BCUT2D eigenvalue weighted by Crippen LogP contribution is -2.46. The van der Waals surface area contributed by atoms with Crippen molar-refractivity contribution >= 4 is 11.3 Å². The predicted molar refractivity (Wildman–Crippen MR) is 109 cm³/mol. The Bertz CT molecular complexity index is 944. The van der Waals surface area contributed by atoms with Gasteiger partial charge in [-0.05, 0) is 61.4 Å². The van der Waals surface area contributed by atoms with Crippen LogP contribution in [0.4, 0.5) is 10.1 Å². The van der Waals surface area contributed by atoms with E-state index in [4.69, 9.17) is 0 Å². The molecule has 2 aliphatic rings. The number of nitro benzene ring substituents is 1. The molecule has 146 valence electrons. The number of alkyl halides is 1. The number of fused-ring (bicyclic) bond motifs is 2. The third kappa shape index (κ3) is 3.35. The second kappa shape index (κ2) is 6.82. The molecule has 1 aliphatic carbocycles. The summed E-state index contributed by atoms with van der Waals surface area (Å²) < 4.78 is 14.7. The summed E-state index contributed by atoms with van der Waals surface area (Å²) >= 11 is 0. The van der Waals surface area contributed by atoms with Crippen LogP contribution >= 0.6 is 0 Å². The van der Waals surface area contributed by atoms with Crippen molar-refractivity contribution in [1.82, 2.24) is 4.90 Å². The van der Waals surface area contributed by atoms with Gasteiger partial charge in [-0.15, -0.1) is 0 Å². The molecular weight excluding hydrogens is 355 g/mol. The Kier molecular flexibility index (Phi) is 4.58. The minimum Gasteiger partial charge on any atom is -0.286 e. The Balaban J connectivity index is 1.81. The van der Waals surface area contributed by atoms with Gasteiger partial charge in [-0.25, -0.2) is 4.39 Å². The standard InChI is InChI=1S/C23H25FN2O2/c1-15-12-20-19-7-5-4-6-17(19)13-21(20)22(25(15)14-23(2,3)24)16-8-10-18(11-9-16)26(27)28/h4-11,15,22H,12-14H2,1-3H3/t15-,22-/m1/s1. The molecule has 0 aromatic heterocycles. The predicted octanol–water partition coefficient (Wildman–Crippen LogP) is 5.49. The largest absolute Gasteiger partial charge is 0.286 e. The van der Waals surface area contributed by atoms with Gasteiger partial charge in [0, 0.05) is 24.7 Å². The zero-order chi connectivity index (χ0) is 20.1. The number of hydrogen-bond acceptors (Lipinski definition) is 3. The number of hydrogen-bond donors (Lipinski definition) is 0. The van der Waals surface area contributed by atoms with Gasteiger partial charge >= 0.3 is 0 Å². The van der Waals surface area contributed by atoms with Crippen LogP contribution in [0.2, 0.25) is 0 Å². The molecule has 0 amide bonds. The molecule has 0 saturated carbocycles. The van der Waals surface area contributed by atoms with E-state index in [1.807, 2.05) is 12.1 Å². The van der Waals surface area contributed by atoms with E-state index in [9.17, 15) is 14.5 Å². The lowest BCUT2D eigenvalue weighted by atomic mass is 9.84. The van der Waals surface area contributed by atoms with E-state index in [0.29, 0.717) is 6.54 Å². The van der Waals surface area contributed by atoms with Gasteiger partial charge in [0.25, 0.3) is 5.69 Å². The second-order valence-corrected chi connectivity index (χ2v) is 8.53. The first-order chi connectivity index (χ1) is 13.2. The summed E-state index contributed by atoms with van der Waals surface area (Å²) in [6.07, 6.45) is 1.75. The molecule has 4 nitrogen and oxygen atoms in total. The van der Waals surface area contributed by atoms with Crippen molar-refractivity contribution in [3.05, 3.63) is 80.9 Å².